The predicted octanol–water partition coefficient (Wildman–Crippen LogP) is 3.59. The normalized spacial score (nSPS) is 13.0. The molecule has 1 aliphatic rings. The number of thiophene rings is 1. The van der Waals surface area contributed by atoms with Crippen molar-refractivity contribution in [3.05, 3.63) is 49.9 Å². The van der Waals surface area contributed by atoms with Crippen molar-refractivity contribution >= 4 is 39.7 Å². The lowest BCUT2D eigenvalue weighted by molar-refractivity contribution is -0.384. The molecule has 0 aliphatic heterocycles. The standard InChI is InChI=1S/C17H18N4O4S/c1-9-6-7-10(21(24)25)8-12(9)19-17(23)20-16-14(15(18)22)11-4-2-3-5-13(11)26-16/h6-8H,2-5H2,1H3,(H2,18,22)(H2,19,20,23). The highest BCUT2D eigenvalue weighted by atomic mass is 32.1. The first-order valence-corrected chi connectivity index (χ1v) is 8.96. The molecular weight excluding hydrogens is 356 g/mol. The number of benzene rings is 1. The van der Waals surface area contributed by atoms with Crippen molar-refractivity contribution in [1.29, 1.82) is 0 Å². The Morgan fingerprint density at radius 1 is 1.23 bits per heavy atom. The summed E-state index contributed by atoms with van der Waals surface area (Å²) in [6.07, 6.45) is 3.68. The molecule has 1 aromatic heterocycles. The number of aryl methyl sites for hydroxylation is 2. The van der Waals surface area contributed by atoms with Gasteiger partial charge in [-0.15, -0.1) is 11.3 Å². The van der Waals surface area contributed by atoms with Crippen LogP contribution in [-0.2, 0) is 12.8 Å². The Morgan fingerprint density at radius 3 is 2.65 bits per heavy atom. The lowest BCUT2D eigenvalue weighted by Gasteiger charge is -2.11. The molecule has 3 rings (SSSR count). The van der Waals surface area contributed by atoms with Gasteiger partial charge in [-0.25, -0.2) is 4.79 Å². The van der Waals surface area contributed by atoms with Gasteiger partial charge in [-0.05, 0) is 43.7 Å². The first-order valence-electron chi connectivity index (χ1n) is 8.14. The Labute approximate surface area is 153 Å². The number of amides is 3. The number of rotatable bonds is 4. The molecule has 0 bridgehead atoms. The molecule has 1 heterocycles. The molecule has 0 unspecified atom stereocenters. The largest absolute Gasteiger partial charge is 0.365 e. The average molecular weight is 374 g/mol. The van der Waals surface area contributed by atoms with Gasteiger partial charge in [-0.3, -0.25) is 20.2 Å². The molecule has 9 heteroatoms. The van der Waals surface area contributed by atoms with Crippen LogP contribution in [0.5, 0.6) is 0 Å². The molecule has 0 atom stereocenters. The van der Waals surface area contributed by atoms with Crippen LogP contribution in [0.25, 0.3) is 0 Å². The molecule has 26 heavy (non-hydrogen) atoms. The third kappa shape index (κ3) is 3.52. The first kappa shape index (κ1) is 17.9. The van der Waals surface area contributed by atoms with Crippen LogP contribution in [0.1, 0.15) is 39.2 Å². The van der Waals surface area contributed by atoms with Gasteiger partial charge in [0, 0.05) is 17.0 Å². The monoisotopic (exact) mass is 374 g/mol. The van der Waals surface area contributed by atoms with Crippen molar-refractivity contribution in [3.8, 4) is 0 Å². The maximum absolute atomic E-state index is 12.4. The maximum atomic E-state index is 12.4. The van der Waals surface area contributed by atoms with Crippen molar-refractivity contribution in [2.45, 2.75) is 32.6 Å². The predicted molar refractivity (Wildman–Crippen MR) is 100.0 cm³/mol. The summed E-state index contributed by atoms with van der Waals surface area (Å²) in [6, 6.07) is 3.65. The number of nitrogens with one attached hydrogen (secondary N) is 2. The summed E-state index contributed by atoms with van der Waals surface area (Å²) in [6.45, 7) is 1.73. The molecule has 2 aromatic rings. The fourth-order valence-corrected chi connectivity index (χ4v) is 4.32. The van der Waals surface area contributed by atoms with Gasteiger partial charge in [0.25, 0.3) is 11.6 Å². The van der Waals surface area contributed by atoms with Gasteiger partial charge in [-0.1, -0.05) is 6.07 Å². The molecule has 0 saturated heterocycles. The van der Waals surface area contributed by atoms with Crippen LogP contribution in [-0.4, -0.2) is 16.9 Å². The minimum Gasteiger partial charge on any atom is -0.365 e. The van der Waals surface area contributed by atoms with E-state index in [1.165, 1.54) is 23.5 Å². The molecule has 1 aromatic carbocycles. The highest BCUT2D eigenvalue weighted by Crippen LogP contribution is 2.38. The third-order valence-electron chi connectivity index (χ3n) is 4.32. The van der Waals surface area contributed by atoms with Crippen LogP contribution >= 0.6 is 11.3 Å². The molecule has 4 N–H and O–H groups in total. The highest BCUT2D eigenvalue weighted by Gasteiger charge is 2.25. The van der Waals surface area contributed by atoms with Gasteiger partial charge in [0.2, 0.25) is 0 Å². The number of anilines is 2. The Kier molecular flexibility index (Phi) is 4.90. The number of nitrogens with zero attached hydrogens (tertiary/aromatic N) is 1. The second kappa shape index (κ2) is 7.12. The summed E-state index contributed by atoms with van der Waals surface area (Å²) < 4.78 is 0. The smallest absolute Gasteiger partial charge is 0.324 e. The lowest BCUT2D eigenvalue weighted by Crippen LogP contribution is -2.22. The van der Waals surface area contributed by atoms with Crippen LogP contribution in [0.4, 0.5) is 21.2 Å². The third-order valence-corrected chi connectivity index (χ3v) is 5.53. The van der Waals surface area contributed by atoms with Gasteiger partial charge in [0.05, 0.1) is 16.2 Å². The van der Waals surface area contributed by atoms with E-state index in [1.54, 1.807) is 13.0 Å². The highest BCUT2D eigenvalue weighted by molar-refractivity contribution is 7.17. The van der Waals surface area contributed by atoms with Gasteiger partial charge in [0.1, 0.15) is 5.00 Å². The van der Waals surface area contributed by atoms with Gasteiger partial charge in [0.15, 0.2) is 0 Å². The number of carbonyl (C=O) groups is 2. The van der Waals surface area contributed by atoms with E-state index >= 15 is 0 Å². The number of primary amides is 1. The van der Waals surface area contributed by atoms with Crippen LogP contribution in [0.2, 0.25) is 0 Å². The fourth-order valence-electron chi connectivity index (χ4n) is 3.03. The van der Waals surface area contributed by atoms with E-state index < -0.39 is 16.9 Å². The molecule has 0 saturated carbocycles. The van der Waals surface area contributed by atoms with E-state index in [9.17, 15) is 19.7 Å². The average Bonchev–Trinajstić information content (AvgIpc) is 2.94. The van der Waals surface area contributed by atoms with E-state index in [0.29, 0.717) is 21.8 Å². The number of fused-ring (bicyclic) bond motifs is 1. The number of hydrogen-bond donors (Lipinski definition) is 3. The molecule has 3 amide bonds. The van der Waals surface area contributed by atoms with E-state index in [2.05, 4.69) is 10.6 Å². The van der Waals surface area contributed by atoms with Crippen LogP contribution in [0, 0.1) is 17.0 Å². The molecular formula is C17H18N4O4S. The number of urea groups is 1. The zero-order valence-corrected chi connectivity index (χ0v) is 14.9. The fraction of sp³-hybridized carbons (Fsp3) is 0.294. The Balaban J connectivity index is 1.83. The summed E-state index contributed by atoms with van der Waals surface area (Å²) in [5.74, 6) is -0.564. The molecule has 0 radical (unpaired) electrons. The Morgan fingerprint density at radius 2 is 1.96 bits per heavy atom. The number of non-ortho nitro benzene ring substituents is 1. The summed E-state index contributed by atoms with van der Waals surface area (Å²) in [5, 5.41) is 16.6. The summed E-state index contributed by atoms with van der Waals surface area (Å²) >= 11 is 1.36. The van der Waals surface area contributed by atoms with Crippen LogP contribution < -0.4 is 16.4 Å². The second-order valence-corrected chi connectivity index (χ2v) is 7.22. The minimum atomic E-state index is -0.574. The van der Waals surface area contributed by atoms with Gasteiger partial charge in [-0.2, -0.15) is 0 Å². The Hall–Kier alpha value is -2.94. The number of hydrogen-bond acceptors (Lipinski definition) is 5. The number of nitrogens with two attached hydrogens (primary N) is 1. The van der Waals surface area contributed by atoms with Crippen molar-refractivity contribution < 1.29 is 14.5 Å². The molecule has 0 spiro atoms. The van der Waals surface area contributed by atoms with Crippen molar-refractivity contribution in [1.82, 2.24) is 0 Å². The van der Waals surface area contributed by atoms with E-state index in [1.807, 2.05) is 0 Å². The molecule has 1 aliphatic carbocycles. The molecule has 8 nitrogen and oxygen atoms in total. The zero-order valence-electron chi connectivity index (χ0n) is 14.1. The van der Waals surface area contributed by atoms with E-state index in [4.69, 9.17) is 5.73 Å². The van der Waals surface area contributed by atoms with Crippen molar-refractivity contribution in [3.63, 3.8) is 0 Å². The SMILES string of the molecule is Cc1ccc([N+](=O)[O-])cc1NC(=O)Nc1sc2c(c1C(N)=O)CCCC2. The van der Waals surface area contributed by atoms with Crippen molar-refractivity contribution in [2.75, 3.05) is 10.6 Å². The van der Waals surface area contributed by atoms with Crippen molar-refractivity contribution in [2.24, 2.45) is 5.73 Å². The van der Waals surface area contributed by atoms with Crippen LogP contribution in [0.3, 0.4) is 0 Å². The second-order valence-electron chi connectivity index (χ2n) is 6.11. The number of carbonyl (C=O) groups excluding carboxylic acids is 2. The summed E-state index contributed by atoms with van der Waals surface area (Å²) in [4.78, 5) is 35.7. The lowest BCUT2D eigenvalue weighted by atomic mass is 9.95. The van der Waals surface area contributed by atoms with E-state index in [0.717, 1.165) is 36.1 Å². The first-order chi connectivity index (χ1) is 12.4. The minimum absolute atomic E-state index is 0.115. The molecule has 0 fully saturated rings. The number of nitro benzene ring substituents is 1. The summed E-state index contributed by atoms with van der Waals surface area (Å²) in [5.41, 5.74) is 7.71. The van der Waals surface area contributed by atoms with Crippen LogP contribution in [0.15, 0.2) is 18.2 Å². The topological polar surface area (TPSA) is 127 Å². The molecule has 136 valence electrons. The quantitative estimate of drug-likeness (QED) is 0.558. The Bertz CT molecular complexity index is 906. The zero-order chi connectivity index (χ0) is 18.8. The summed E-state index contributed by atoms with van der Waals surface area (Å²) in [7, 11) is 0. The van der Waals surface area contributed by atoms with Gasteiger partial charge >= 0.3 is 6.03 Å². The number of nitro groups is 1. The van der Waals surface area contributed by atoms with E-state index in [-0.39, 0.29) is 5.69 Å². The van der Waals surface area contributed by atoms with Gasteiger partial charge < -0.3 is 11.1 Å². The maximum Gasteiger partial charge on any atom is 0.324 e.